The third kappa shape index (κ3) is 6.78. The second kappa shape index (κ2) is 13.8. The van der Waals surface area contributed by atoms with Gasteiger partial charge in [0.1, 0.15) is 6.04 Å². The van der Waals surface area contributed by atoms with Gasteiger partial charge >= 0.3 is 0 Å². The van der Waals surface area contributed by atoms with E-state index in [1.165, 1.54) is 11.0 Å². The van der Waals surface area contributed by atoms with Crippen LogP contribution in [0.15, 0.2) is 108 Å². The zero-order chi connectivity index (χ0) is 30.2. The zero-order valence-corrected chi connectivity index (χ0v) is 24.2. The summed E-state index contributed by atoms with van der Waals surface area (Å²) in [5.74, 6) is -1.29. The molecule has 0 bridgehead atoms. The van der Waals surface area contributed by atoms with Crippen LogP contribution in [-0.4, -0.2) is 23.6 Å². The molecule has 1 saturated carbocycles. The van der Waals surface area contributed by atoms with Gasteiger partial charge in [0.15, 0.2) is 5.78 Å². The lowest BCUT2D eigenvalue weighted by Crippen LogP contribution is -2.47. The number of azide groups is 1. The van der Waals surface area contributed by atoms with Gasteiger partial charge in [-0.1, -0.05) is 109 Å². The highest BCUT2D eigenvalue weighted by Crippen LogP contribution is 2.36. The van der Waals surface area contributed by atoms with Crippen molar-refractivity contribution < 1.29 is 14.4 Å². The average Bonchev–Trinajstić information content (AvgIpc) is 3.05. The lowest BCUT2D eigenvalue weighted by Gasteiger charge is -2.34. The molecule has 0 radical (unpaired) electrons. The van der Waals surface area contributed by atoms with E-state index in [1.807, 2.05) is 6.07 Å². The molecule has 5 rings (SSSR count). The van der Waals surface area contributed by atoms with E-state index in [0.717, 1.165) is 32.1 Å². The molecule has 1 unspecified atom stereocenters. The summed E-state index contributed by atoms with van der Waals surface area (Å²) >= 11 is 6.22. The molecule has 0 saturated heterocycles. The Morgan fingerprint density at radius 2 is 1.44 bits per heavy atom. The van der Waals surface area contributed by atoms with Gasteiger partial charge in [0.05, 0.1) is 11.4 Å². The highest BCUT2D eigenvalue weighted by atomic mass is 35.5. The maximum absolute atomic E-state index is 14.7. The molecule has 2 amide bonds. The molecule has 216 valence electrons. The summed E-state index contributed by atoms with van der Waals surface area (Å²) < 4.78 is 0. The maximum atomic E-state index is 14.7. The van der Waals surface area contributed by atoms with Crippen LogP contribution in [-0.2, 0) is 4.79 Å². The molecule has 0 spiro atoms. The Bertz CT molecular complexity index is 1660. The van der Waals surface area contributed by atoms with Crippen LogP contribution in [0.4, 0.5) is 11.4 Å². The second-order valence-corrected chi connectivity index (χ2v) is 10.8. The topological polar surface area (TPSA) is 115 Å². The molecule has 9 heteroatoms. The zero-order valence-electron chi connectivity index (χ0n) is 23.4. The number of nitrogens with one attached hydrogen (secondary N) is 1. The second-order valence-electron chi connectivity index (χ2n) is 10.4. The minimum Gasteiger partial charge on any atom is -0.351 e. The van der Waals surface area contributed by atoms with Crippen LogP contribution < -0.4 is 10.2 Å². The molecule has 1 N–H and O–H groups in total. The van der Waals surface area contributed by atoms with Gasteiger partial charge in [-0.25, -0.2) is 0 Å². The molecule has 1 fully saturated rings. The van der Waals surface area contributed by atoms with Crippen LogP contribution in [0, 0.1) is 0 Å². The van der Waals surface area contributed by atoms with Crippen molar-refractivity contribution in [3.05, 3.63) is 141 Å². The van der Waals surface area contributed by atoms with Gasteiger partial charge in [-0.15, -0.1) is 0 Å². The predicted molar refractivity (Wildman–Crippen MR) is 168 cm³/mol. The molecule has 0 aliphatic heterocycles. The summed E-state index contributed by atoms with van der Waals surface area (Å²) in [6.07, 6.45) is 4.81. The van der Waals surface area contributed by atoms with E-state index < -0.39 is 11.9 Å². The number of carbonyl (C=O) groups is 3. The number of para-hydroxylation sites is 1. The number of anilines is 1. The molecule has 4 aromatic carbocycles. The van der Waals surface area contributed by atoms with Gasteiger partial charge in [0, 0.05) is 32.7 Å². The van der Waals surface area contributed by atoms with Crippen LogP contribution >= 0.6 is 11.6 Å². The SMILES string of the molecule is [N-]=[N+]=Nc1ccccc1C(=O)N(c1ccccc1C(=O)c1ccccc1)C(C(=O)NC1CCCCC1)c1ccc(Cl)cc1. The highest BCUT2D eigenvalue weighted by Gasteiger charge is 2.37. The molecule has 0 aromatic heterocycles. The Morgan fingerprint density at radius 3 is 2.14 bits per heavy atom. The monoisotopic (exact) mass is 591 g/mol. The molecule has 8 nitrogen and oxygen atoms in total. The predicted octanol–water partition coefficient (Wildman–Crippen LogP) is 8.35. The Hall–Kier alpha value is -4.91. The first-order chi connectivity index (χ1) is 21.0. The Morgan fingerprint density at radius 1 is 0.814 bits per heavy atom. The fourth-order valence-corrected chi connectivity index (χ4v) is 5.62. The summed E-state index contributed by atoms with van der Waals surface area (Å²) in [5.41, 5.74) is 10.9. The number of hydrogen-bond donors (Lipinski definition) is 1. The summed E-state index contributed by atoms with van der Waals surface area (Å²) in [6, 6.07) is 27.4. The molecule has 1 aliphatic rings. The van der Waals surface area contributed by atoms with Crippen LogP contribution in [0.2, 0.25) is 5.02 Å². The van der Waals surface area contributed by atoms with Crippen LogP contribution in [0.25, 0.3) is 10.4 Å². The van der Waals surface area contributed by atoms with E-state index in [4.69, 9.17) is 11.6 Å². The minimum atomic E-state index is -1.17. The number of nitrogens with zero attached hydrogens (tertiary/aromatic N) is 4. The first-order valence-corrected chi connectivity index (χ1v) is 14.6. The van der Waals surface area contributed by atoms with Crippen LogP contribution in [0.1, 0.15) is 70.0 Å². The van der Waals surface area contributed by atoms with Crippen molar-refractivity contribution in [1.82, 2.24) is 5.32 Å². The van der Waals surface area contributed by atoms with E-state index in [9.17, 15) is 19.9 Å². The van der Waals surface area contributed by atoms with Crippen molar-refractivity contribution in [3.63, 3.8) is 0 Å². The number of rotatable bonds is 9. The van der Waals surface area contributed by atoms with Crippen molar-refractivity contribution in [2.75, 3.05) is 4.90 Å². The Labute approximate surface area is 254 Å². The molecule has 1 aliphatic carbocycles. The van der Waals surface area contributed by atoms with E-state index >= 15 is 0 Å². The normalized spacial score (nSPS) is 13.8. The van der Waals surface area contributed by atoms with Crippen molar-refractivity contribution in [2.45, 2.75) is 44.2 Å². The molecular weight excluding hydrogens is 562 g/mol. The quantitative estimate of drug-likeness (QED) is 0.0912. The van der Waals surface area contributed by atoms with Crippen molar-refractivity contribution in [2.24, 2.45) is 5.11 Å². The molecule has 1 atom stereocenters. The van der Waals surface area contributed by atoms with E-state index in [-0.39, 0.29) is 40.2 Å². The Balaban J connectivity index is 1.72. The number of ketones is 1. The van der Waals surface area contributed by atoms with Crippen molar-refractivity contribution in [3.8, 4) is 0 Å². The number of benzene rings is 4. The van der Waals surface area contributed by atoms with Crippen molar-refractivity contribution >= 4 is 40.6 Å². The summed E-state index contributed by atoms with van der Waals surface area (Å²) in [6.45, 7) is 0. The van der Waals surface area contributed by atoms with Gasteiger partial charge in [-0.05, 0) is 54.3 Å². The average molecular weight is 592 g/mol. The fourth-order valence-electron chi connectivity index (χ4n) is 5.50. The summed E-state index contributed by atoms with van der Waals surface area (Å²) in [4.78, 5) is 47.1. The number of amides is 2. The maximum Gasteiger partial charge on any atom is 0.259 e. The third-order valence-electron chi connectivity index (χ3n) is 7.59. The summed E-state index contributed by atoms with van der Waals surface area (Å²) in [5, 5.41) is 7.39. The van der Waals surface area contributed by atoms with E-state index in [1.54, 1.807) is 91.0 Å². The first-order valence-electron chi connectivity index (χ1n) is 14.2. The molecule has 0 heterocycles. The van der Waals surface area contributed by atoms with Gasteiger partial charge in [0.2, 0.25) is 5.91 Å². The number of carbonyl (C=O) groups excluding carboxylic acids is 3. The molecular formula is C34H30ClN5O3. The minimum absolute atomic E-state index is 0.0373. The highest BCUT2D eigenvalue weighted by molar-refractivity contribution is 6.30. The fraction of sp³-hybridized carbons (Fsp3) is 0.206. The summed E-state index contributed by atoms with van der Waals surface area (Å²) in [7, 11) is 0. The van der Waals surface area contributed by atoms with Crippen LogP contribution in [0.3, 0.4) is 0 Å². The number of hydrogen-bond acceptors (Lipinski definition) is 4. The van der Waals surface area contributed by atoms with Gasteiger partial charge < -0.3 is 5.32 Å². The number of halogens is 1. The molecule has 4 aromatic rings. The van der Waals surface area contributed by atoms with E-state index in [0.29, 0.717) is 16.1 Å². The molecule has 43 heavy (non-hydrogen) atoms. The van der Waals surface area contributed by atoms with Gasteiger partial charge in [-0.2, -0.15) is 0 Å². The Kier molecular flexibility index (Phi) is 9.52. The smallest absolute Gasteiger partial charge is 0.259 e. The third-order valence-corrected chi connectivity index (χ3v) is 7.85. The van der Waals surface area contributed by atoms with Gasteiger partial charge in [0.25, 0.3) is 5.91 Å². The van der Waals surface area contributed by atoms with E-state index in [2.05, 4.69) is 15.3 Å². The van der Waals surface area contributed by atoms with Gasteiger partial charge in [-0.3, -0.25) is 19.3 Å². The standard InChI is InChI=1S/C34H30ClN5O3/c35-25-21-19-23(20-22-25)31(33(42)37-26-13-5-2-6-14-26)40(34(43)27-15-7-9-17-29(27)38-39-36)30-18-10-8-16-28(30)32(41)24-11-3-1-4-12-24/h1,3-4,7-12,15-22,26,31H,2,5-6,13-14H2,(H,37,42). The largest absolute Gasteiger partial charge is 0.351 e. The lowest BCUT2D eigenvalue weighted by atomic mass is 9.94. The van der Waals surface area contributed by atoms with Crippen LogP contribution in [0.5, 0.6) is 0 Å². The first kappa shape index (κ1) is 29.6. The lowest BCUT2D eigenvalue weighted by molar-refractivity contribution is -0.123. The van der Waals surface area contributed by atoms with Crippen molar-refractivity contribution in [1.29, 1.82) is 0 Å².